The van der Waals surface area contributed by atoms with Crippen molar-refractivity contribution >= 4 is 17.2 Å². The molecule has 0 saturated heterocycles. The fourth-order valence-corrected chi connectivity index (χ4v) is 5.95. The highest BCUT2D eigenvalue weighted by atomic mass is 32.2. The summed E-state index contributed by atoms with van der Waals surface area (Å²) in [6, 6.07) is 0. The lowest BCUT2D eigenvalue weighted by Crippen LogP contribution is -2.19. The van der Waals surface area contributed by atoms with Crippen LogP contribution in [0.1, 0.15) is 27.7 Å². The Morgan fingerprint density at radius 3 is 2.07 bits per heavy atom. The first-order chi connectivity index (χ1) is 6.27. The summed E-state index contributed by atoms with van der Waals surface area (Å²) in [7, 11) is -6.24. The van der Waals surface area contributed by atoms with Crippen LogP contribution in [-0.4, -0.2) is 31.9 Å². The van der Waals surface area contributed by atoms with Crippen molar-refractivity contribution in [3.8, 4) is 0 Å². The molecular weight excluding hydrogens is 223 g/mol. The largest absolute Gasteiger partial charge is 0.328 e. The lowest BCUT2D eigenvalue weighted by Gasteiger charge is -2.17. The molecule has 0 amide bonds. The molecule has 0 aliphatic heterocycles. The van der Waals surface area contributed by atoms with Crippen molar-refractivity contribution in [2.45, 2.75) is 32.9 Å². The third kappa shape index (κ3) is 4.11. The first-order valence-electron chi connectivity index (χ1n) is 4.71. The highest BCUT2D eigenvalue weighted by Gasteiger charge is 2.30. The summed E-state index contributed by atoms with van der Waals surface area (Å²) in [5.74, 6) is 0. The van der Waals surface area contributed by atoms with Crippen LogP contribution < -0.4 is 0 Å². The van der Waals surface area contributed by atoms with Gasteiger partial charge in [0.2, 0.25) is 7.37 Å². The molecule has 0 rings (SSSR count). The van der Waals surface area contributed by atoms with Gasteiger partial charge in [-0.1, -0.05) is 6.92 Å². The molecule has 0 fully saturated rings. The van der Waals surface area contributed by atoms with E-state index in [-0.39, 0.29) is 11.7 Å². The van der Waals surface area contributed by atoms with E-state index in [0.717, 1.165) is 0 Å². The van der Waals surface area contributed by atoms with Gasteiger partial charge < -0.3 is 4.52 Å². The maximum absolute atomic E-state index is 11.9. The monoisotopic (exact) mass is 242 g/mol. The molecule has 0 saturated carbocycles. The van der Waals surface area contributed by atoms with Crippen LogP contribution in [0.15, 0.2) is 0 Å². The predicted octanol–water partition coefficient (Wildman–Crippen LogP) is 2.10. The lowest BCUT2D eigenvalue weighted by molar-refractivity contribution is 0.336. The third-order valence-corrected chi connectivity index (χ3v) is 8.08. The Bertz CT molecular complexity index is 307. The van der Waals surface area contributed by atoms with Gasteiger partial charge in [0.25, 0.3) is 0 Å². The topological polar surface area (TPSA) is 60.4 Å². The van der Waals surface area contributed by atoms with Crippen molar-refractivity contribution in [3.63, 3.8) is 0 Å². The predicted molar refractivity (Wildman–Crippen MR) is 58.7 cm³/mol. The number of rotatable bonds is 6. The van der Waals surface area contributed by atoms with Crippen LogP contribution in [0.25, 0.3) is 0 Å². The Kier molecular flexibility index (Phi) is 5.34. The van der Waals surface area contributed by atoms with Crippen molar-refractivity contribution in [1.82, 2.24) is 0 Å². The Balaban J connectivity index is 4.72. The van der Waals surface area contributed by atoms with Gasteiger partial charge in [-0.2, -0.15) is 0 Å². The van der Waals surface area contributed by atoms with Crippen molar-refractivity contribution in [2.75, 3.05) is 18.3 Å². The molecule has 0 spiro atoms. The Labute approximate surface area is 86.4 Å². The lowest BCUT2D eigenvalue weighted by atomic mass is 10.6. The zero-order valence-electron chi connectivity index (χ0n) is 9.19. The summed E-state index contributed by atoms with van der Waals surface area (Å²) in [6.45, 7) is 6.86. The second-order valence-electron chi connectivity index (χ2n) is 3.39. The molecule has 0 bridgehead atoms. The van der Waals surface area contributed by atoms with Crippen LogP contribution in [-0.2, 0) is 18.9 Å². The number of sulfone groups is 1. The maximum Gasteiger partial charge on any atom is 0.217 e. The molecular formula is C8H19O4PS. The van der Waals surface area contributed by atoms with Crippen molar-refractivity contribution in [3.05, 3.63) is 0 Å². The fraction of sp³-hybridized carbons (Fsp3) is 1.00. The Hall–Kier alpha value is 0.140. The number of hydrogen-bond acceptors (Lipinski definition) is 4. The van der Waals surface area contributed by atoms with Gasteiger partial charge >= 0.3 is 0 Å². The highest BCUT2D eigenvalue weighted by molar-refractivity contribution is 7.98. The Morgan fingerprint density at radius 1 is 1.29 bits per heavy atom. The van der Waals surface area contributed by atoms with Crippen molar-refractivity contribution < 1.29 is 17.5 Å². The average Bonchev–Trinajstić information content (AvgIpc) is 2.03. The van der Waals surface area contributed by atoms with Crippen LogP contribution in [0, 0.1) is 0 Å². The van der Waals surface area contributed by atoms with Gasteiger partial charge in [0.15, 0.2) is 9.84 Å². The minimum atomic E-state index is -3.28. The molecule has 1 atom stereocenters. The van der Waals surface area contributed by atoms with E-state index in [9.17, 15) is 13.0 Å². The van der Waals surface area contributed by atoms with Gasteiger partial charge in [0.1, 0.15) is 5.49 Å². The van der Waals surface area contributed by atoms with Crippen LogP contribution in [0.3, 0.4) is 0 Å². The van der Waals surface area contributed by atoms with Gasteiger partial charge in [-0.25, -0.2) is 8.42 Å². The van der Waals surface area contributed by atoms with E-state index in [1.54, 1.807) is 27.7 Å². The van der Waals surface area contributed by atoms with E-state index in [2.05, 4.69) is 0 Å². The van der Waals surface area contributed by atoms with Crippen molar-refractivity contribution in [1.29, 1.82) is 0 Å². The SMILES string of the molecule is CCO[P@](=O)(CC)CS(=O)(=O)C(C)C. The molecule has 0 aromatic heterocycles. The molecule has 0 unspecified atom stereocenters. The second-order valence-corrected chi connectivity index (χ2v) is 9.21. The van der Waals surface area contributed by atoms with Gasteiger partial charge in [-0.05, 0) is 20.8 Å². The fourth-order valence-electron chi connectivity index (χ4n) is 0.878. The first kappa shape index (κ1) is 14.1. The van der Waals surface area contributed by atoms with Crippen LogP contribution in [0.5, 0.6) is 0 Å². The molecule has 0 aliphatic rings. The summed E-state index contributed by atoms with van der Waals surface area (Å²) in [5, 5.41) is -0.497. The van der Waals surface area contributed by atoms with Gasteiger partial charge in [-0.15, -0.1) is 0 Å². The standard InChI is InChI=1S/C8H19O4PS/c1-5-12-13(9,6-2)7-14(10,11)8(3)4/h8H,5-7H2,1-4H3/t13-/m1/s1. The maximum atomic E-state index is 11.9. The molecule has 86 valence electrons. The third-order valence-electron chi connectivity index (χ3n) is 1.94. The van der Waals surface area contributed by atoms with Gasteiger partial charge in [0, 0.05) is 6.16 Å². The minimum Gasteiger partial charge on any atom is -0.328 e. The van der Waals surface area contributed by atoms with E-state index in [0.29, 0.717) is 6.61 Å². The van der Waals surface area contributed by atoms with Crippen LogP contribution >= 0.6 is 7.37 Å². The van der Waals surface area contributed by atoms with Crippen LogP contribution in [0.2, 0.25) is 0 Å². The zero-order valence-corrected chi connectivity index (χ0v) is 10.9. The zero-order chi connectivity index (χ0) is 11.4. The van der Waals surface area contributed by atoms with E-state index >= 15 is 0 Å². The molecule has 4 nitrogen and oxygen atoms in total. The minimum absolute atomic E-state index is 0.271. The molecule has 0 N–H and O–H groups in total. The number of hydrogen-bond donors (Lipinski definition) is 0. The summed E-state index contributed by atoms with van der Waals surface area (Å²) in [5.41, 5.74) is -0.331. The van der Waals surface area contributed by atoms with E-state index < -0.39 is 22.5 Å². The average molecular weight is 242 g/mol. The van der Waals surface area contributed by atoms with E-state index in [1.165, 1.54) is 0 Å². The molecule has 0 aliphatic carbocycles. The summed E-state index contributed by atoms with van der Waals surface area (Å²) in [4.78, 5) is 0. The van der Waals surface area contributed by atoms with E-state index in [1.807, 2.05) is 0 Å². The Morgan fingerprint density at radius 2 is 1.79 bits per heavy atom. The summed E-state index contributed by atoms with van der Waals surface area (Å²) >= 11 is 0. The molecule has 0 heterocycles. The normalized spacial score (nSPS) is 16.9. The molecule has 0 aromatic carbocycles. The summed E-state index contributed by atoms with van der Waals surface area (Å²) in [6.07, 6.45) is 0.271. The van der Waals surface area contributed by atoms with Gasteiger partial charge in [0.05, 0.1) is 11.9 Å². The quantitative estimate of drug-likeness (QED) is 0.669. The molecule has 0 radical (unpaired) electrons. The smallest absolute Gasteiger partial charge is 0.217 e. The highest BCUT2D eigenvalue weighted by Crippen LogP contribution is 2.47. The van der Waals surface area contributed by atoms with Gasteiger partial charge in [-0.3, -0.25) is 4.57 Å². The van der Waals surface area contributed by atoms with Crippen molar-refractivity contribution in [2.24, 2.45) is 0 Å². The van der Waals surface area contributed by atoms with Crippen LogP contribution in [0.4, 0.5) is 0 Å². The molecule has 14 heavy (non-hydrogen) atoms. The van der Waals surface area contributed by atoms with E-state index in [4.69, 9.17) is 4.52 Å². The second kappa shape index (κ2) is 5.29. The molecule has 0 aromatic rings. The first-order valence-corrected chi connectivity index (χ1v) is 8.42. The molecule has 6 heteroatoms. The summed E-state index contributed by atoms with van der Waals surface area (Å²) < 4.78 is 40.0.